The monoisotopic (exact) mass is 369 g/mol. The van der Waals surface area contributed by atoms with Gasteiger partial charge in [0.25, 0.3) is 5.69 Å². The summed E-state index contributed by atoms with van der Waals surface area (Å²) in [6, 6.07) is 9.39. The van der Waals surface area contributed by atoms with Crippen LogP contribution >= 0.6 is 27.3 Å². The van der Waals surface area contributed by atoms with E-state index in [4.69, 9.17) is 0 Å². The summed E-state index contributed by atoms with van der Waals surface area (Å²) in [5.41, 5.74) is 0.339. The second kappa shape index (κ2) is 6.68. The van der Waals surface area contributed by atoms with E-state index in [2.05, 4.69) is 21.2 Å². The zero-order valence-electron chi connectivity index (χ0n) is 11.1. The molecule has 8 heteroatoms. The predicted octanol–water partition coefficient (Wildman–Crippen LogP) is 4.08. The molecule has 6 nitrogen and oxygen atoms in total. The molecule has 0 bridgehead atoms. The lowest BCUT2D eigenvalue weighted by molar-refractivity contribution is -0.384. The number of nitrogens with zero attached hydrogens (tertiary/aromatic N) is 2. The van der Waals surface area contributed by atoms with Gasteiger partial charge in [0.2, 0.25) is 0 Å². The Morgan fingerprint density at radius 3 is 2.81 bits per heavy atom. The molecule has 1 aromatic heterocycles. The molecule has 0 radical (unpaired) electrons. The Morgan fingerprint density at radius 2 is 2.19 bits per heavy atom. The number of anilines is 1. The van der Waals surface area contributed by atoms with Crippen LogP contribution in [-0.2, 0) is 6.54 Å². The maximum Gasteiger partial charge on any atom is 0.321 e. The number of urea groups is 1. The number of hydrogen-bond donors (Lipinski definition) is 1. The molecule has 0 aliphatic carbocycles. The highest BCUT2D eigenvalue weighted by Crippen LogP contribution is 2.23. The van der Waals surface area contributed by atoms with Crippen molar-refractivity contribution in [2.75, 3.05) is 12.4 Å². The lowest BCUT2D eigenvalue weighted by Crippen LogP contribution is -2.30. The molecule has 21 heavy (non-hydrogen) atoms. The molecule has 0 aliphatic heterocycles. The third-order valence-corrected chi connectivity index (χ3v) is 4.29. The average Bonchev–Trinajstić information content (AvgIpc) is 2.84. The molecule has 0 saturated carbocycles. The van der Waals surface area contributed by atoms with Crippen molar-refractivity contribution >= 4 is 44.7 Å². The molecule has 1 heterocycles. The Balaban J connectivity index is 2.00. The molecule has 0 atom stereocenters. The fourth-order valence-corrected chi connectivity index (χ4v) is 3.20. The minimum Gasteiger partial charge on any atom is -0.322 e. The van der Waals surface area contributed by atoms with Crippen molar-refractivity contribution in [3.63, 3.8) is 0 Å². The van der Waals surface area contributed by atoms with Crippen molar-refractivity contribution in [3.8, 4) is 0 Å². The van der Waals surface area contributed by atoms with E-state index in [1.54, 1.807) is 24.5 Å². The highest BCUT2D eigenvalue weighted by molar-refractivity contribution is 9.11. The summed E-state index contributed by atoms with van der Waals surface area (Å²) in [6.45, 7) is 0.469. The number of hydrogen-bond acceptors (Lipinski definition) is 4. The number of thiophene rings is 1. The quantitative estimate of drug-likeness (QED) is 0.651. The lowest BCUT2D eigenvalue weighted by atomic mass is 10.3. The molecule has 0 unspecified atom stereocenters. The van der Waals surface area contributed by atoms with Gasteiger partial charge in [-0.1, -0.05) is 6.07 Å². The molecular weight excluding hydrogens is 358 g/mol. The number of non-ortho nitro benzene ring substituents is 1. The third kappa shape index (κ3) is 4.27. The van der Waals surface area contributed by atoms with Crippen molar-refractivity contribution < 1.29 is 9.72 Å². The van der Waals surface area contributed by atoms with Gasteiger partial charge in [-0.15, -0.1) is 11.3 Å². The van der Waals surface area contributed by atoms with E-state index < -0.39 is 4.92 Å². The summed E-state index contributed by atoms with van der Waals surface area (Å²) in [7, 11) is 1.67. The third-order valence-electron chi connectivity index (χ3n) is 2.68. The van der Waals surface area contributed by atoms with E-state index in [-0.39, 0.29) is 11.7 Å². The number of nitro benzene ring substituents is 1. The predicted molar refractivity (Wildman–Crippen MR) is 85.6 cm³/mol. The van der Waals surface area contributed by atoms with Gasteiger partial charge < -0.3 is 10.2 Å². The van der Waals surface area contributed by atoms with Crippen LogP contribution < -0.4 is 5.32 Å². The second-order valence-electron chi connectivity index (χ2n) is 4.30. The molecule has 1 N–H and O–H groups in total. The summed E-state index contributed by atoms with van der Waals surface area (Å²) >= 11 is 4.92. The molecule has 0 aliphatic rings. The van der Waals surface area contributed by atoms with E-state index in [1.165, 1.54) is 23.1 Å². The van der Waals surface area contributed by atoms with Gasteiger partial charge in [-0.25, -0.2) is 4.79 Å². The highest BCUT2D eigenvalue weighted by atomic mass is 79.9. The van der Waals surface area contributed by atoms with Gasteiger partial charge in [0, 0.05) is 29.7 Å². The molecule has 110 valence electrons. The van der Waals surface area contributed by atoms with Gasteiger partial charge in [0.15, 0.2) is 0 Å². The summed E-state index contributed by atoms with van der Waals surface area (Å²) in [6.07, 6.45) is 0. The van der Waals surface area contributed by atoms with Gasteiger partial charge in [-0.2, -0.15) is 0 Å². The van der Waals surface area contributed by atoms with E-state index in [1.807, 2.05) is 12.1 Å². The Bertz CT molecular complexity index is 674. The van der Waals surface area contributed by atoms with Gasteiger partial charge in [0.1, 0.15) is 0 Å². The molecular formula is C13H12BrN3O3S. The Kier molecular flexibility index (Phi) is 4.92. The number of nitro groups is 1. The first-order valence-corrected chi connectivity index (χ1v) is 7.57. The Morgan fingerprint density at radius 1 is 1.43 bits per heavy atom. The first-order valence-electron chi connectivity index (χ1n) is 5.96. The summed E-state index contributed by atoms with van der Waals surface area (Å²) in [4.78, 5) is 24.8. The molecule has 2 rings (SSSR count). The number of benzene rings is 1. The first-order chi connectivity index (χ1) is 9.95. The summed E-state index contributed by atoms with van der Waals surface area (Å²) < 4.78 is 1.00. The fourth-order valence-electron chi connectivity index (χ4n) is 1.66. The minimum atomic E-state index is -0.497. The van der Waals surface area contributed by atoms with E-state index in [0.717, 1.165) is 8.66 Å². The van der Waals surface area contributed by atoms with Crippen LogP contribution in [0.3, 0.4) is 0 Å². The largest absolute Gasteiger partial charge is 0.322 e. The van der Waals surface area contributed by atoms with Crippen molar-refractivity contribution in [2.45, 2.75) is 6.54 Å². The molecule has 0 saturated heterocycles. The SMILES string of the molecule is CN(Cc1ccc(Br)s1)C(=O)Nc1cccc([N+](=O)[O-])c1. The standard InChI is InChI=1S/C13H12BrN3O3S/c1-16(8-11-5-6-12(14)21-11)13(18)15-9-3-2-4-10(7-9)17(19)20/h2-7H,8H2,1H3,(H,15,18). The Labute approximate surface area is 133 Å². The topological polar surface area (TPSA) is 75.5 Å². The molecule has 2 amide bonds. The maximum atomic E-state index is 12.0. The second-order valence-corrected chi connectivity index (χ2v) is 6.85. The first kappa shape index (κ1) is 15.5. The van der Waals surface area contributed by atoms with Gasteiger partial charge in [-0.05, 0) is 34.1 Å². The average molecular weight is 370 g/mol. The summed E-state index contributed by atoms with van der Waals surface area (Å²) in [5, 5.41) is 13.3. The van der Waals surface area contributed by atoms with E-state index in [9.17, 15) is 14.9 Å². The van der Waals surface area contributed by atoms with Crippen molar-refractivity contribution in [3.05, 3.63) is 55.2 Å². The van der Waals surface area contributed by atoms with Crippen LogP contribution in [0.25, 0.3) is 0 Å². The van der Waals surface area contributed by atoms with Crippen molar-refractivity contribution in [1.82, 2.24) is 4.90 Å². The van der Waals surface area contributed by atoms with E-state index in [0.29, 0.717) is 12.2 Å². The number of halogens is 1. The van der Waals surface area contributed by atoms with E-state index >= 15 is 0 Å². The molecule has 1 aromatic carbocycles. The molecule has 2 aromatic rings. The highest BCUT2D eigenvalue weighted by Gasteiger charge is 2.12. The maximum absolute atomic E-state index is 12.0. The van der Waals surface area contributed by atoms with Gasteiger partial charge in [0.05, 0.1) is 15.3 Å². The number of amides is 2. The van der Waals surface area contributed by atoms with Crippen LogP contribution in [0.4, 0.5) is 16.2 Å². The zero-order valence-corrected chi connectivity index (χ0v) is 13.5. The lowest BCUT2D eigenvalue weighted by Gasteiger charge is -2.17. The number of carbonyl (C=O) groups excluding carboxylic acids is 1. The van der Waals surface area contributed by atoms with Crippen molar-refractivity contribution in [1.29, 1.82) is 0 Å². The van der Waals surface area contributed by atoms with Crippen LogP contribution in [0.15, 0.2) is 40.2 Å². The normalized spacial score (nSPS) is 10.2. The Hall–Kier alpha value is -1.93. The van der Waals surface area contributed by atoms with Crippen LogP contribution in [0.1, 0.15) is 4.88 Å². The van der Waals surface area contributed by atoms with Crippen molar-refractivity contribution in [2.24, 2.45) is 0 Å². The van der Waals surface area contributed by atoms with Crippen LogP contribution in [-0.4, -0.2) is 22.9 Å². The summed E-state index contributed by atoms with van der Waals surface area (Å²) in [5.74, 6) is 0. The fraction of sp³-hybridized carbons (Fsp3) is 0.154. The molecule has 0 fully saturated rings. The van der Waals surface area contributed by atoms with Gasteiger partial charge >= 0.3 is 6.03 Å². The van der Waals surface area contributed by atoms with Crippen LogP contribution in [0.2, 0.25) is 0 Å². The number of nitrogens with one attached hydrogen (secondary N) is 1. The van der Waals surface area contributed by atoms with Crippen LogP contribution in [0, 0.1) is 10.1 Å². The molecule has 0 spiro atoms. The van der Waals surface area contributed by atoms with Crippen LogP contribution in [0.5, 0.6) is 0 Å². The number of carbonyl (C=O) groups is 1. The number of rotatable bonds is 4. The van der Waals surface area contributed by atoms with Gasteiger partial charge in [-0.3, -0.25) is 10.1 Å². The minimum absolute atomic E-state index is 0.0577. The smallest absolute Gasteiger partial charge is 0.321 e. The zero-order chi connectivity index (χ0) is 15.4.